The number of aliphatic hydroxyl groups excluding tert-OH is 1. The predicted molar refractivity (Wildman–Crippen MR) is 146 cm³/mol. The number of carbonyl (C=O) groups is 1. The van der Waals surface area contributed by atoms with Gasteiger partial charge in [-0.1, -0.05) is 33.8 Å². The summed E-state index contributed by atoms with van der Waals surface area (Å²) in [6.45, 7) is 19.6. The maximum atomic E-state index is 13.3. The van der Waals surface area contributed by atoms with E-state index in [4.69, 9.17) is 9.47 Å². The van der Waals surface area contributed by atoms with Crippen LogP contribution in [0.2, 0.25) is 0 Å². The van der Waals surface area contributed by atoms with E-state index >= 15 is 0 Å². The monoisotopic (exact) mass is 510 g/mol. The first-order valence-corrected chi connectivity index (χ1v) is 14.1. The van der Waals surface area contributed by atoms with Gasteiger partial charge >= 0.3 is 0 Å². The molecule has 2 rings (SSSR count). The zero-order valence-corrected chi connectivity index (χ0v) is 24.0. The second kappa shape index (κ2) is 15.9. The van der Waals surface area contributed by atoms with Gasteiger partial charge in [-0.2, -0.15) is 0 Å². The lowest BCUT2D eigenvalue weighted by Crippen LogP contribution is -2.60. The van der Waals surface area contributed by atoms with Crippen LogP contribution < -0.4 is 5.32 Å². The van der Waals surface area contributed by atoms with Crippen LogP contribution in [0.25, 0.3) is 0 Å². The molecule has 8 heteroatoms. The van der Waals surface area contributed by atoms with E-state index in [0.29, 0.717) is 44.7 Å². The lowest BCUT2D eigenvalue weighted by atomic mass is 9.92. The number of hydrogen-bond donors (Lipinski definition) is 2. The summed E-state index contributed by atoms with van der Waals surface area (Å²) in [5.41, 5.74) is 1.27. The number of ether oxygens (including phenoxy) is 2. The molecule has 0 aromatic rings. The third kappa shape index (κ3) is 8.98. The number of rotatable bonds is 14. The number of nitrogens with one attached hydrogen (secondary N) is 1. The Kier molecular flexibility index (Phi) is 13.7. The van der Waals surface area contributed by atoms with E-state index in [0.717, 1.165) is 45.5 Å². The summed E-state index contributed by atoms with van der Waals surface area (Å²) in [5.74, 6) is 0.936. The number of allylic oxidation sites excluding steroid dienone is 2. The van der Waals surface area contributed by atoms with Gasteiger partial charge in [0.05, 0.1) is 25.2 Å². The van der Waals surface area contributed by atoms with Crippen LogP contribution >= 0.6 is 0 Å². The molecule has 0 radical (unpaired) electrons. The topological polar surface area (TPSA) is 77.5 Å². The van der Waals surface area contributed by atoms with Crippen LogP contribution in [0.3, 0.4) is 0 Å². The average molecular weight is 511 g/mol. The van der Waals surface area contributed by atoms with Gasteiger partial charge in [-0.25, -0.2) is 0 Å². The number of carbonyl (C=O) groups excluding carboxylic acids is 1. The fraction of sp³-hybridized carbons (Fsp3) is 0.893. The lowest BCUT2D eigenvalue weighted by Gasteiger charge is -2.46. The quantitative estimate of drug-likeness (QED) is 0.275. The summed E-state index contributed by atoms with van der Waals surface area (Å²) in [6, 6.07) is 0.0345. The minimum atomic E-state index is -0.632. The van der Waals surface area contributed by atoms with Gasteiger partial charge in [-0.05, 0) is 44.9 Å². The molecule has 0 aromatic carbocycles. The van der Waals surface area contributed by atoms with Gasteiger partial charge in [-0.3, -0.25) is 9.69 Å². The van der Waals surface area contributed by atoms with E-state index in [-0.39, 0.29) is 23.9 Å². The molecule has 2 fully saturated rings. The van der Waals surface area contributed by atoms with Gasteiger partial charge in [0.25, 0.3) is 0 Å². The van der Waals surface area contributed by atoms with Crippen molar-refractivity contribution in [3.63, 3.8) is 0 Å². The summed E-state index contributed by atoms with van der Waals surface area (Å²) in [6.07, 6.45) is 4.34. The highest BCUT2D eigenvalue weighted by Crippen LogP contribution is 2.26. The molecule has 0 spiro atoms. The molecule has 8 nitrogen and oxygen atoms in total. The summed E-state index contributed by atoms with van der Waals surface area (Å²) in [4.78, 5) is 19.9. The third-order valence-corrected chi connectivity index (χ3v) is 7.52. The van der Waals surface area contributed by atoms with Crippen molar-refractivity contribution in [1.82, 2.24) is 20.0 Å². The number of unbranched alkanes of at least 4 members (excludes halogenated alkanes) is 1. The van der Waals surface area contributed by atoms with E-state index in [2.05, 4.69) is 62.7 Å². The van der Waals surface area contributed by atoms with Crippen molar-refractivity contribution >= 4 is 5.91 Å². The largest absolute Gasteiger partial charge is 0.385 e. The second-order valence-corrected chi connectivity index (χ2v) is 11.2. The Morgan fingerprint density at radius 3 is 2.44 bits per heavy atom. The molecule has 210 valence electrons. The van der Waals surface area contributed by atoms with Crippen molar-refractivity contribution in [3.8, 4) is 0 Å². The van der Waals surface area contributed by atoms with E-state index in [1.54, 1.807) is 7.11 Å². The first-order valence-electron chi connectivity index (χ1n) is 14.1. The number of aliphatic hydroxyl groups is 1. The molecule has 1 amide bonds. The van der Waals surface area contributed by atoms with Gasteiger partial charge in [0.2, 0.25) is 5.91 Å². The SMILES string of the molecule is C/C=C(/C(C)C)N(CCCCOC)C(C)C(O)N(CC(C)C)[C@@H]1CNC[C@H](C(=O)N2CCOCC2)C1. The molecule has 2 unspecified atom stereocenters. The van der Waals surface area contributed by atoms with Crippen LogP contribution in [0.4, 0.5) is 0 Å². The summed E-state index contributed by atoms with van der Waals surface area (Å²) in [7, 11) is 1.74. The van der Waals surface area contributed by atoms with Gasteiger partial charge < -0.3 is 29.7 Å². The van der Waals surface area contributed by atoms with Crippen molar-refractivity contribution in [3.05, 3.63) is 11.8 Å². The van der Waals surface area contributed by atoms with Crippen LogP contribution in [0.1, 0.15) is 60.8 Å². The van der Waals surface area contributed by atoms with Gasteiger partial charge in [-0.15, -0.1) is 0 Å². The number of piperidine rings is 1. The van der Waals surface area contributed by atoms with Crippen LogP contribution in [0.5, 0.6) is 0 Å². The van der Waals surface area contributed by atoms with E-state index in [1.807, 2.05) is 4.90 Å². The fourth-order valence-electron chi connectivity index (χ4n) is 5.66. The van der Waals surface area contributed by atoms with Gasteiger partial charge in [0.1, 0.15) is 6.23 Å². The standard InChI is InChI=1S/C28H54N4O4/c1-8-26(22(4)5)31(11-9-10-14-35-7)23(6)27(33)32(20-21(2)3)25-17-24(18-29-19-25)28(34)30-12-15-36-16-13-30/h8,21-25,27,29,33H,9-20H2,1-7H3/b26-8-/t23?,24-,25+,27?/m1/s1. The maximum absolute atomic E-state index is 13.3. The van der Waals surface area contributed by atoms with Gasteiger partial charge in [0.15, 0.2) is 0 Å². The van der Waals surface area contributed by atoms with Gasteiger partial charge in [0, 0.05) is 64.7 Å². The fourth-order valence-corrected chi connectivity index (χ4v) is 5.66. The minimum absolute atomic E-state index is 0.0640. The highest BCUT2D eigenvalue weighted by Gasteiger charge is 2.38. The molecule has 2 aliphatic heterocycles. The molecule has 2 N–H and O–H groups in total. The normalized spacial score (nSPS) is 23.4. The highest BCUT2D eigenvalue weighted by atomic mass is 16.5. The Morgan fingerprint density at radius 2 is 1.86 bits per heavy atom. The summed E-state index contributed by atoms with van der Waals surface area (Å²) in [5, 5.41) is 15.4. The summed E-state index contributed by atoms with van der Waals surface area (Å²) >= 11 is 0. The zero-order valence-electron chi connectivity index (χ0n) is 24.0. The minimum Gasteiger partial charge on any atom is -0.385 e. The van der Waals surface area contributed by atoms with Crippen molar-refractivity contribution < 1.29 is 19.4 Å². The van der Waals surface area contributed by atoms with Crippen LogP contribution in [-0.4, -0.2) is 110 Å². The molecule has 0 aliphatic carbocycles. The van der Waals surface area contributed by atoms with E-state index in [1.165, 1.54) is 5.70 Å². The van der Waals surface area contributed by atoms with Crippen LogP contribution in [0, 0.1) is 17.8 Å². The molecular formula is C28H54N4O4. The average Bonchev–Trinajstić information content (AvgIpc) is 2.88. The number of morpholine rings is 1. The van der Waals surface area contributed by atoms with Crippen molar-refractivity contribution in [2.45, 2.75) is 79.1 Å². The number of nitrogens with zero attached hydrogens (tertiary/aromatic N) is 3. The van der Waals surface area contributed by atoms with Crippen molar-refractivity contribution in [2.75, 3.05) is 66.2 Å². The van der Waals surface area contributed by atoms with Crippen LogP contribution in [-0.2, 0) is 14.3 Å². The number of amides is 1. The van der Waals surface area contributed by atoms with Crippen molar-refractivity contribution in [2.24, 2.45) is 17.8 Å². The van der Waals surface area contributed by atoms with Crippen molar-refractivity contribution in [1.29, 1.82) is 0 Å². The number of methoxy groups -OCH3 is 1. The Balaban J connectivity index is 2.19. The Labute approximate surface area is 220 Å². The number of hydrogen-bond acceptors (Lipinski definition) is 7. The Hall–Kier alpha value is -1.19. The second-order valence-electron chi connectivity index (χ2n) is 11.2. The lowest BCUT2D eigenvalue weighted by molar-refractivity contribution is -0.142. The maximum Gasteiger partial charge on any atom is 0.227 e. The Morgan fingerprint density at radius 1 is 1.17 bits per heavy atom. The highest BCUT2D eigenvalue weighted by molar-refractivity contribution is 5.79. The molecule has 4 atom stereocenters. The van der Waals surface area contributed by atoms with Crippen LogP contribution in [0.15, 0.2) is 11.8 Å². The molecular weight excluding hydrogens is 456 g/mol. The molecule has 0 saturated carbocycles. The molecule has 36 heavy (non-hydrogen) atoms. The Bertz CT molecular complexity index is 666. The first kappa shape index (κ1) is 31.0. The molecule has 0 bridgehead atoms. The van der Waals surface area contributed by atoms with E-state index in [9.17, 15) is 9.90 Å². The zero-order chi connectivity index (χ0) is 26.7. The molecule has 2 heterocycles. The molecule has 0 aromatic heterocycles. The third-order valence-electron chi connectivity index (χ3n) is 7.52. The smallest absolute Gasteiger partial charge is 0.227 e. The molecule has 2 saturated heterocycles. The summed E-state index contributed by atoms with van der Waals surface area (Å²) < 4.78 is 10.7. The molecule has 2 aliphatic rings. The van der Waals surface area contributed by atoms with E-state index < -0.39 is 6.23 Å². The first-order chi connectivity index (χ1) is 17.2. The predicted octanol–water partition coefficient (Wildman–Crippen LogP) is 2.78.